The number of carbonyl (C=O) groups is 8. The maximum atomic E-state index is 14.1. The van der Waals surface area contributed by atoms with E-state index in [1.54, 1.807) is 62.3 Å². The zero-order chi connectivity index (χ0) is 56.2. The molecular formula is C60H87N5O11. The molecule has 76 heavy (non-hydrogen) atoms. The number of nitrogens with one attached hydrogen (secondary N) is 5. The Kier molecular flexibility index (Phi) is 27.6. The third-order valence-electron chi connectivity index (χ3n) is 11.8. The number of ketones is 2. The summed E-state index contributed by atoms with van der Waals surface area (Å²) in [6, 6.07) is 25.2. The van der Waals surface area contributed by atoms with E-state index in [4.69, 9.17) is 14.2 Å². The number of hydrogen-bond acceptors (Lipinski definition) is 12. The number of unbranched alkanes of at least 4 members (excludes halogenated alkanes) is 4. The summed E-state index contributed by atoms with van der Waals surface area (Å²) in [4.78, 5) is 106. The van der Waals surface area contributed by atoms with Crippen LogP contribution >= 0.6 is 0 Å². The topological polar surface area (TPSA) is 224 Å². The molecular weight excluding hydrogens is 967 g/mol. The fraction of sp³-hybridized carbons (Fsp3) is 0.567. The van der Waals surface area contributed by atoms with Crippen LogP contribution in [0.25, 0.3) is 0 Å². The molecule has 16 nitrogen and oxygen atoms in total. The molecule has 0 heterocycles. The molecule has 418 valence electrons. The SMILES string of the molecule is CC(C)(C)OC(=O)CC[C@H](NC(=O)N[C@@H](CCC(=O)NCCCCCCCC(=O)C[C@@H](Cc1ccccc1)C(=O)N[C@@H](Cc1ccccc1)C(=O)CCCNCc1ccccc1)C(=O)OC(C)(C)C)C(=O)OC(C)(C)C. The highest BCUT2D eigenvalue weighted by Crippen LogP contribution is 2.19. The third-order valence-corrected chi connectivity index (χ3v) is 11.8. The van der Waals surface area contributed by atoms with Crippen molar-refractivity contribution in [3.63, 3.8) is 0 Å². The molecule has 16 heteroatoms. The van der Waals surface area contributed by atoms with Gasteiger partial charge in [0.2, 0.25) is 11.8 Å². The van der Waals surface area contributed by atoms with E-state index in [2.05, 4.69) is 26.6 Å². The summed E-state index contributed by atoms with van der Waals surface area (Å²) >= 11 is 0. The molecule has 3 aromatic rings. The summed E-state index contributed by atoms with van der Waals surface area (Å²) in [5.41, 5.74) is 0.500. The molecule has 0 aliphatic rings. The summed E-state index contributed by atoms with van der Waals surface area (Å²) in [7, 11) is 0. The maximum Gasteiger partial charge on any atom is 0.329 e. The second kappa shape index (κ2) is 32.9. The molecule has 0 spiro atoms. The smallest absolute Gasteiger partial charge is 0.329 e. The van der Waals surface area contributed by atoms with Gasteiger partial charge in [-0.05, 0) is 130 Å². The lowest BCUT2D eigenvalue weighted by molar-refractivity contribution is -0.159. The van der Waals surface area contributed by atoms with Crippen LogP contribution < -0.4 is 26.6 Å². The van der Waals surface area contributed by atoms with Gasteiger partial charge in [-0.3, -0.25) is 24.0 Å². The molecule has 3 aromatic carbocycles. The van der Waals surface area contributed by atoms with Crippen molar-refractivity contribution >= 4 is 47.3 Å². The van der Waals surface area contributed by atoms with Crippen LogP contribution in [0.2, 0.25) is 0 Å². The average Bonchev–Trinajstić information content (AvgIpc) is 3.33. The molecule has 4 amide bonds. The Morgan fingerprint density at radius 1 is 0.474 bits per heavy atom. The molecule has 0 unspecified atom stereocenters. The Morgan fingerprint density at radius 3 is 1.50 bits per heavy atom. The van der Waals surface area contributed by atoms with Gasteiger partial charge in [-0.2, -0.15) is 0 Å². The molecule has 0 bridgehead atoms. The van der Waals surface area contributed by atoms with Crippen molar-refractivity contribution < 1.29 is 52.6 Å². The molecule has 4 atom stereocenters. The number of hydrogen-bond donors (Lipinski definition) is 5. The largest absolute Gasteiger partial charge is 0.460 e. The molecule has 0 saturated heterocycles. The Morgan fingerprint density at radius 2 is 0.961 bits per heavy atom. The van der Waals surface area contributed by atoms with Crippen molar-refractivity contribution in [2.45, 2.75) is 200 Å². The van der Waals surface area contributed by atoms with Gasteiger partial charge in [0.1, 0.15) is 34.7 Å². The Hall–Kier alpha value is -6.42. The molecule has 0 fully saturated rings. The van der Waals surface area contributed by atoms with Crippen molar-refractivity contribution in [3.05, 3.63) is 108 Å². The summed E-state index contributed by atoms with van der Waals surface area (Å²) in [5.74, 6) is -3.46. The number of ether oxygens (including phenoxy) is 3. The lowest BCUT2D eigenvalue weighted by Crippen LogP contribution is -2.53. The molecule has 0 radical (unpaired) electrons. The van der Waals surface area contributed by atoms with Crippen LogP contribution in [0.1, 0.15) is 162 Å². The van der Waals surface area contributed by atoms with Crippen molar-refractivity contribution in [1.29, 1.82) is 0 Å². The van der Waals surface area contributed by atoms with E-state index >= 15 is 0 Å². The Balaban J connectivity index is 1.48. The van der Waals surface area contributed by atoms with Gasteiger partial charge in [0.15, 0.2) is 5.78 Å². The van der Waals surface area contributed by atoms with Crippen LogP contribution in [-0.4, -0.2) is 95.3 Å². The minimum atomic E-state index is -1.25. The highest BCUT2D eigenvalue weighted by Gasteiger charge is 2.32. The molecule has 0 aromatic heterocycles. The summed E-state index contributed by atoms with van der Waals surface area (Å²) in [5, 5.41) is 14.4. The van der Waals surface area contributed by atoms with E-state index < -0.39 is 64.8 Å². The van der Waals surface area contributed by atoms with Gasteiger partial charge in [0.05, 0.1) is 6.04 Å². The van der Waals surface area contributed by atoms with E-state index in [-0.39, 0.29) is 55.5 Å². The van der Waals surface area contributed by atoms with Crippen molar-refractivity contribution in [1.82, 2.24) is 26.6 Å². The Bertz CT molecular complexity index is 2270. The van der Waals surface area contributed by atoms with Gasteiger partial charge in [0, 0.05) is 51.1 Å². The third kappa shape index (κ3) is 29.0. The second-order valence-corrected chi connectivity index (χ2v) is 22.4. The van der Waals surface area contributed by atoms with Crippen LogP contribution in [0.5, 0.6) is 0 Å². The maximum absolute atomic E-state index is 14.1. The van der Waals surface area contributed by atoms with E-state index in [9.17, 15) is 38.4 Å². The zero-order valence-electron chi connectivity index (χ0n) is 46.7. The van der Waals surface area contributed by atoms with Gasteiger partial charge >= 0.3 is 23.9 Å². The van der Waals surface area contributed by atoms with Crippen LogP contribution in [0, 0.1) is 5.92 Å². The molecule has 3 rings (SSSR count). The highest BCUT2D eigenvalue weighted by molar-refractivity contribution is 5.92. The molecule has 5 N–H and O–H groups in total. The first-order valence-electron chi connectivity index (χ1n) is 27.0. The van der Waals surface area contributed by atoms with Gasteiger partial charge in [-0.1, -0.05) is 110 Å². The fourth-order valence-corrected chi connectivity index (χ4v) is 8.13. The fourth-order valence-electron chi connectivity index (χ4n) is 8.13. The lowest BCUT2D eigenvalue weighted by Gasteiger charge is -2.27. The normalized spacial score (nSPS) is 13.2. The monoisotopic (exact) mass is 1050 g/mol. The number of esters is 3. The van der Waals surface area contributed by atoms with Crippen molar-refractivity contribution in [2.24, 2.45) is 5.92 Å². The summed E-state index contributed by atoms with van der Waals surface area (Å²) in [6.45, 7) is 16.9. The first-order chi connectivity index (χ1) is 35.9. The minimum absolute atomic E-state index is 0.0171. The van der Waals surface area contributed by atoms with E-state index in [1.165, 1.54) is 0 Å². The summed E-state index contributed by atoms with van der Waals surface area (Å²) < 4.78 is 16.4. The van der Waals surface area contributed by atoms with Crippen molar-refractivity contribution in [2.75, 3.05) is 13.1 Å². The quantitative estimate of drug-likeness (QED) is 0.0219. The van der Waals surface area contributed by atoms with Gasteiger partial charge in [-0.15, -0.1) is 0 Å². The van der Waals surface area contributed by atoms with E-state index in [1.807, 2.05) is 91.0 Å². The minimum Gasteiger partial charge on any atom is -0.460 e. The number of carbonyl (C=O) groups excluding carboxylic acids is 8. The first-order valence-corrected chi connectivity index (χ1v) is 27.0. The first kappa shape index (κ1) is 63.9. The lowest BCUT2D eigenvalue weighted by atomic mass is 9.90. The van der Waals surface area contributed by atoms with Crippen LogP contribution in [0.4, 0.5) is 4.79 Å². The zero-order valence-corrected chi connectivity index (χ0v) is 46.7. The standard InChI is InChI=1S/C60H87N5O11/c1-58(2,3)74-53(69)36-34-49(56(72)76-60(7,8)9)65-57(73)64-48(55(71)75-59(4,5)6)33-35-52(68)62-38-23-12-10-11-22-31-47(66)41-46(39-43-25-16-13-17-26-43)54(70)63-50(40-44-27-18-14-19-28-44)51(67)32-24-37-61-42-45-29-20-15-21-30-45/h13-21,25-30,46,48-50,61H,10-12,22-24,31-42H2,1-9H3,(H,62,68)(H,63,70)(H2,64,65,73)/t46-,48+,49+,50+/m1/s1. The number of amides is 4. The molecule has 0 aliphatic carbocycles. The highest BCUT2D eigenvalue weighted by atomic mass is 16.6. The second-order valence-electron chi connectivity index (χ2n) is 22.4. The Labute approximate surface area is 451 Å². The molecule has 0 aliphatic heterocycles. The van der Waals surface area contributed by atoms with Crippen LogP contribution in [0.3, 0.4) is 0 Å². The molecule has 0 saturated carbocycles. The number of rotatable bonds is 33. The van der Waals surface area contributed by atoms with Gasteiger partial charge < -0.3 is 40.8 Å². The van der Waals surface area contributed by atoms with Crippen LogP contribution in [0.15, 0.2) is 91.0 Å². The van der Waals surface area contributed by atoms with Gasteiger partial charge in [-0.25, -0.2) is 14.4 Å². The predicted octanol–water partition coefficient (Wildman–Crippen LogP) is 8.75. The number of Topliss-reactive ketones (excluding diaryl/α,β-unsaturated/α-hetero) is 2. The predicted molar refractivity (Wildman–Crippen MR) is 294 cm³/mol. The van der Waals surface area contributed by atoms with Gasteiger partial charge in [0.25, 0.3) is 0 Å². The summed E-state index contributed by atoms with van der Waals surface area (Å²) in [6.07, 6.45) is 5.22. The van der Waals surface area contributed by atoms with Crippen molar-refractivity contribution in [3.8, 4) is 0 Å². The van der Waals surface area contributed by atoms with Crippen LogP contribution in [-0.2, 0) is 67.2 Å². The number of urea groups is 1. The number of benzene rings is 3. The van der Waals surface area contributed by atoms with E-state index in [0.717, 1.165) is 36.0 Å². The average molecular weight is 1050 g/mol. The van der Waals surface area contributed by atoms with E-state index in [0.29, 0.717) is 64.6 Å².